The molecule has 1 saturated heterocycles. The van der Waals surface area contributed by atoms with E-state index in [4.69, 9.17) is 10.2 Å². The molecular formula is C12H18N2O5S. The summed E-state index contributed by atoms with van der Waals surface area (Å²) in [6.45, 7) is 0.338. The summed E-state index contributed by atoms with van der Waals surface area (Å²) in [5, 5.41) is 17.9. The molecule has 1 aromatic heterocycles. The first-order valence-corrected chi connectivity index (χ1v) is 7.95. The van der Waals surface area contributed by atoms with Crippen molar-refractivity contribution < 1.29 is 23.4 Å². The van der Waals surface area contributed by atoms with Gasteiger partial charge in [0, 0.05) is 25.4 Å². The van der Waals surface area contributed by atoms with E-state index in [0.717, 1.165) is 25.3 Å². The van der Waals surface area contributed by atoms with Crippen LogP contribution in [0.1, 0.15) is 36.2 Å². The number of piperidine rings is 1. The number of H-pyrrole nitrogens is 1. The highest BCUT2D eigenvalue weighted by molar-refractivity contribution is 7.89. The van der Waals surface area contributed by atoms with Gasteiger partial charge in [-0.05, 0) is 25.3 Å². The Bertz CT molecular complexity index is 578. The van der Waals surface area contributed by atoms with Crippen LogP contribution in [0.25, 0.3) is 0 Å². The quantitative estimate of drug-likeness (QED) is 0.739. The molecule has 0 spiro atoms. The molecule has 0 aliphatic carbocycles. The van der Waals surface area contributed by atoms with Crippen molar-refractivity contribution >= 4 is 16.0 Å². The van der Waals surface area contributed by atoms with E-state index in [2.05, 4.69) is 4.98 Å². The maximum Gasteiger partial charge on any atom is 0.352 e. The standard InChI is InChI=1S/C12H18N2O5S/c15-6-4-9-3-1-2-5-14(9)20(18,19)10-7-11(12(16)17)13-8-10/h7-9,13,15H,1-6H2,(H,16,17). The Morgan fingerprint density at radius 2 is 2.20 bits per heavy atom. The molecule has 1 atom stereocenters. The number of carbonyl (C=O) groups is 1. The van der Waals surface area contributed by atoms with E-state index in [0.29, 0.717) is 13.0 Å². The molecule has 7 nitrogen and oxygen atoms in total. The molecule has 0 saturated carbocycles. The Labute approximate surface area is 117 Å². The number of carboxylic acid groups (broad SMARTS) is 1. The molecule has 2 rings (SSSR count). The summed E-state index contributed by atoms with van der Waals surface area (Å²) in [4.78, 5) is 13.2. The zero-order valence-electron chi connectivity index (χ0n) is 10.9. The van der Waals surface area contributed by atoms with Crippen molar-refractivity contribution in [3.63, 3.8) is 0 Å². The van der Waals surface area contributed by atoms with E-state index < -0.39 is 16.0 Å². The molecular weight excluding hydrogens is 284 g/mol. The number of aliphatic hydroxyl groups excluding tert-OH is 1. The van der Waals surface area contributed by atoms with Crippen molar-refractivity contribution in [2.75, 3.05) is 13.2 Å². The van der Waals surface area contributed by atoms with Crippen molar-refractivity contribution in [2.45, 2.75) is 36.6 Å². The van der Waals surface area contributed by atoms with E-state index in [1.807, 2.05) is 0 Å². The summed E-state index contributed by atoms with van der Waals surface area (Å²) in [6, 6.07) is 0.907. The van der Waals surface area contributed by atoms with Gasteiger partial charge in [-0.1, -0.05) is 6.42 Å². The van der Waals surface area contributed by atoms with Crippen LogP contribution in [-0.4, -0.2) is 53.1 Å². The van der Waals surface area contributed by atoms with Gasteiger partial charge in [0.25, 0.3) is 0 Å². The lowest BCUT2D eigenvalue weighted by molar-refractivity contribution is 0.0691. The lowest BCUT2D eigenvalue weighted by Gasteiger charge is -2.34. The monoisotopic (exact) mass is 302 g/mol. The van der Waals surface area contributed by atoms with Gasteiger partial charge in [0.1, 0.15) is 10.6 Å². The Kier molecular flexibility index (Phi) is 4.46. The van der Waals surface area contributed by atoms with Gasteiger partial charge in [-0.25, -0.2) is 13.2 Å². The average molecular weight is 302 g/mol. The summed E-state index contributed by atoms with van der Waals surface area (Å²) < 4.78 is 26.5. The second-order valence-electron chi connectivity index (χ2n) is 4.83. The fraction of sp³-hybridized carbons (Fsp3) is 0.583. The van der Waals surface area contributed by atoms with Crippen molar-refractivity contribution in [3.8, 4) is 0 Å². The van der Waals surface area contributed by atoms with Crippen molar-refractivity contribution in [2.24, 2.45) is 0 Å². The Morgan fingerprint density at radius 3 is 2.80 bits per heavy atom. The number of carboxylic acids is 1. The van der Waals surface area contributed by atoms with Crippen LogP contribution in [0, 0.1) is 0 Å². The topological polar surface area (TPSA) is 111 Å². The highest BCUT2D eigenvalue weighted by Gasteiger charge is 2.33. The first-order valence-electron chi connectivity index (χ1n) is 6.51. The van der Waals surface area contributed by atoms with E-state index >= 15 is 0 Å². The highest BCUT2D eigenvalue weighted by atomic mass is 32.2. The molecule has 0 bridgehead atoms. The molecule has 1 aromatic rings. The second-order valence-corrected chi connectivity index (χ2v) is 6.72. The molecule has 1 aliphatic rings. The minimum Gasteiger partial charge on any atom is -0.477 e. The van der Waals surface area contributed by atoms with Crippen LogP contribution in [0.2, 0.25) is 0 Å². The molecule has 1 fully saturated rings. The van der Waals surface area contributed by atoms with Crippen molar-refractivity contribution in [3.05, 3.63) is 18.0 Å². The molecule has 0 aromatic carbocycles. The van der Waals surface area contributed by atoms with Gasteiger partial charge < -0.3 is 15.2 Å². The largest absolute Gasteiger partial charge is 0.477 e. The summed E-state index contributed by atoms with van der Waals surface area (Å²) in [6.07, 6.45) is 4.02. The van der Waals surface area contributed by atoms with E-state index in [-0.39, 0.29) is 23.2 Å². The molecule has 2 heterocycles. The number of rotatable bonds is 5. The van der Waals surface area contributed by atoms with Crippen LogP contribution in [-0.2, 0) is 10.0 Å². The summed E-state index contributed by atoms with van der Waals surface area (Å²) in [7, 11) is -3.72. The van der Waals surface area contributed by atoms with Crippen LogP contribution >= 0.6 is 0 Å². The number of sulfonamides is 1. The number of aromatic amines is 1. The first kappa shape index (κ1) is 15.0. The zero-order chi connectivity index (χ0) is 14.8. The van der Waals surface area contributed by atoms with E-state index in [9.17, 15) is 13.2 Å². The fourth-order valence-electron chi connectivity index (χ4n) is 2.51. The number of nitrogens with one attached hydrogen (secondary N) is 1. The van der Waals surface area contributed by atoms with Gasteiger partial charge in [-0.15, -0.1) is 0 Å². The molecule has 8 heteroatoms. The van der Waals surface area contributed by atoms with Gasteiger partial charge in [-0.3, -0.25) is 0 Å². The Balaban J connectivity index is 2.29. The predicted molar refractivity (Wildman–Crippen MR) is 71.0 cm³/mol. The summed E-state index contributed by atoms with van der Waals surface area (Å²) >= 11 is 0. The average Bonchev–Trinajstić information content (AvgIpc) is 2.90. The molecule has 112 valence electrons. The van der Waals surface area contributed by atoms with Crippen LogP contribution in [0.5, 0.6) is 0 Å². The number of nitrogens with zero attached hydrogens (tertiary/aromatic N) is 1. The molecule has 1 unspecified atom stereocenters. The highest BCUT2D eigenvalue weighted by Crippen LogP contribution is 2.27. The normalized spacial score (nSPS) is 20.9. The lowest BCUT2D eigenvalue weighted by Crippen LogP contribution is -2.43. The number of aliphatic hydroxyl groups is 1. The second kappa shape index (κ2) is 5.94. The third kappa shape index (κ3) is 2.87. The van der Waals surface area contributed by atoms with Crippen molar-refractivity contribution in [1.82, 2.24) is 9.29 Å². The number of aromatic carboxylic acids is 1. The maximum atomic E-state index is 12.5. The summed E-state index contributed by atoms with van der Waals surface area (Å²) in [5.41, 5.74) is -0.153. The number of aromatic nitrogens is 1. The smallest absolute Gasteiger partial charge is 0.352 e. The van der Waals surface area contributed by atoms with Gasteiger partial charge in [0.15, 0.2) is 0 Å². The fourth-order valence-corrected chi connectivity index (χ4v) is 4.23. The predicted octanol–water partition coefficient (Wildman–Crippen LogP) is 0.638. The molecule has 3 N–H and O–H groups in total. The molecule has 0 amide bonds. The maximum absolute atomic E-state index is 12.5. The third-order valence-electron chi connectivity index (χ3n) is 3.53. The van der Waals surface area contributed by atoms with Crippen LogP contribution in [0.4, 0.5) is 0 Å². The van der Waals surface area contributed by atoms with Crippen LogP contribution in [0.3, 0.4) is 0 Å². The zero-order valence-corrected chi connectivity index (χ0v) is 11.8. The molecule has 1 aliphatic heterocycles. The molecule has 0 radical (unpaired) electrons. The SMILES string of the molecule is O=C(O)c1cc(S(=O)(=O)N2CCCCC2CCO)c[nH]1. The first-order chi connectivity index (χ1) is 9.46. The Morgan fingerprint density at radius 1 is 1.45 bits per heavy atom. The summed E-state index contributed by atoms with van der Waals surface area (Å²) in [5.74, 6) is -1.20. The number of hydrogen-bond donors (Lipinski definition) is 3. The third-order valence-corrected chi connectivity index (χ3v) is 5.46. The van der Waals surface area contributed by atoms with Crippen LogP contribution in [0.15, 0.2) is 17.2 Å². The minimum absolute atomic E-state index is 0.0419. The van der Waals surface area contributed by atoms with E-state index in [1.54, 1.807) is 0 Å². The lowest BCUT2D eigenvalue weighted by atomic mass is 10.0. The number of hydrogen-bond acceptors (Lipinski definition) is 4. The molecule has 20 heavy (non-hydrogen) atoms. The van der Waals surface area contributed by atoms with E-state index in [1.165, 1.54) is 10.5 Å². The van der Waals surface area contributed by atoms with Gasteiger partial charge >= 0.3 is 5.97 Å². The van der Waals surface area contributed by atoms with Gasteiger partial charge in [0.05, 0.1) is 0 Å². The van der Waals surface area contributed by atoms with Gasteiger partial charge in [0.2, 0.25) is 10.0 Å². The Hall–Kier alpha value is -1.38. The van der Waals surface area contributed by atoms with Crippen LogP contribution < -0.4 is 0 Å². The van der Waals surface area contributed by atoms with Gasteiger partial charge in [-0.2, -0.15) is 4.31 Å². The minimum atomic E-state index is -3.72. The van der Waals surface area contributed by atoms with Crippen molar-refractivity contribution in [1.29, 1.82) is 0 Å².